The number of hydrogen-bond acceptors (Lipinski definition) is 4. The predicted molar refractivity (Wildman–Crippen MR) is 95.6 cm³/mol. The van der Waals surface area contributed by atoms with Crippen molar-refractivity contribution in [1.82, 2.24) is 15.5 Å². The lowest BCUT2D eigenvalue weighted by molar-refractivity contribution is 0.0277. The van der Waals surface area contributed by atoms with Gasteiger partial charge in [0.25, 0.3) is 0 Å². The van der Waals surface area contributed by atoms with E-state index in [1.54, 1.807) is 0 Å². The number of morpholine rings is 1. The van der Waals surface area contributed by atoms with Crippen LogP contribution in [0, 0.1) is 0 Å². The smallest absolute Gasteiger partial charge is 0.0949 e. The number of aromatic nitrogens is 2. The first-order valence-corrected chi connectivity index (χ1v) is 8.46. The molecular weight excluding hydrogens is 326 g/mol. The van der Waals surface area contributed by atoms with Crippen LogP contribution >= 0.6 is 12.4 Å². The average Bonchev–Trinajstić information content (AvgIpc) is 3.14. The summed E-state index contributed by atoms with van der Waals surface area (Å²) in [7, 11) is 0. The third kappa shape index (κ3) is 3.81. The third-order valence-electron chi connectivity index (χ3n) is 4.76. The average molecular weight is 350 g/mol. The molecule has 2 saturated heterocycles. The second-order valence-corrected chi connectivity index (χ2v) is 6.28. The van der Waals surface area contributed by atoms with Crippen LogP contribution in [0.4, 0.5) is 0 Å². The van der Waals surface area contributed by atoms with Gasteiger partial charge >= 0.3 is 0 Å². The van der Waals surface area contributed by atoms with Crippen LogP contribution in [0.25, 0.3) is 11.3 Å². The van der Waals surface area contributed by atoms with Crippen LogP contribution in [-0.4, -0.2) is 43.1 Å². The number of H-pyrrole nitrogens is 1. The van der Waals surface area contributed by atoms with Crippen molar-refractivity contribution in [3.63, 3.8) is 0 Å². The number of hydrogen-bond donors (Lipinski definition) is 2. The second kappa shape index (κ2) is 8.12. The number of aromatic amines is 1. The zero-order valence-corrected chi connectivity index (χ0v) is 14.5. The fourth-order valence-corrected chi connectivity index (χ4v) is 3.35. The summed E-state index contributed by atoms with van der Waals surface area (Å²) in [4.78, 5) is 0. The summed E-state index contributed by atoms with van der Waals surface area (Å²) in [5.41, 5.74) is 4.61. The van der Waals surface area contributed by atoms with Gasteiger partial charge in [-0.2, -0.15) is 5.10 Å². The van der Waals surface area contributed by atoms with Crippen molar-refractivity contribution < 1.29 is 9.47 Å². The van der Waals surface area contributed by atoms with Crippen molar-refractivity contribution in [2.45, 2.75) is 24.9 Å². The summed E-state index contributed by atoms with van der Waals surface area (Å²) >= 11 is 0. The first-order chi connectivity index (χ1) is 11.4. The monoisotopic (exact) mass is 349 g/mol. The Balaban J connectivity index is 0.00000169. The van der Waals surface area contributed by atoms with Gasteiger partial charge in [-0.05, 0) is 24.5 Å². The summed E-state index contributed by atoms with van der Waals surface area (Å²) in [6.45, 7) is 4.30. The first-order valence-electron chi connectivity index (χ1n) is 8.46. The number of halogens is 1. The van der Waals surface area contributed by atoms with E-state index in [2.05, 4.69) is 45.8 Å². The fraction of sp³-hybridized carbons (Fsp3) is 0.500. The van der Waals surface area contributed by atoms with Crippen molar-refractivity contribution in [1.29, 1.82) is 0 Å². The Bertz CT molecular complexity index is 632. The first kappa shape index (κ1) is 17.4. The predicted octanol–water partition coefficient (Wildman–Crippen LogP) is 3.05. The zero-order valence-electron chi connectivity index (χ0n) is 13.7. The standard InChI is InChI=1S/C18H23N3O2.ClH/c1-3-15(18-12-19-7-10-23-18)4-2-13(1)16-11-17(21-20-16)14-5-8-22-9-6-14;/h1-4,11,14,18-19H,5-10,12H2,(H,20,21);1H/t18-;/m1./s1. The van der Waals surface area contributed by atoms with E-state index in [9.17, 15) is 0 Å². The number of ether oxygens (including phenoxy) is 2. The Labute approximate surface area is 148 Å². The molecule has 24 heavy (non-hydrogen) atoms. The van der Waals surface area contributed by atoms with Gasteiger partial charge in [0.05, 0.1) is 18.4 Å². The van der Waals surface area contributed by atoms with E-state index in [0.717, 1.165) is 57.0 Å². The molecule has 2 N–H and O–H groups in total. The number of nitrogens with zero attached hydrogens (tertiary/aromatic N) is 1. The highest BCUT2D eigenvalue weighted by atomic mass is 35.5. The molecule has 1 aromatic heterocycles. The van der Waals surface area contributed by atoms with Crippen LogP contribution in [0.15, 0.2) is 30.3 Å². The van der Waals surface area contributed by atoms with Gasteiger partial charge in [-0.15, -0.1) is 12.4 Å². The molecule has 2 aromatic rings. The molecule has 0 radical (unpaired) electrons. The summed E-state index contributed by atoms with van der Waals surface area (Å²) < 4.78 is 11.2. The molecule has 130 valence electrons. The Hall–Kier alpha value is -1.40. The van der Waals surface area contributed by atoms with Crippen molar-refractivity contribution in [2.24, 2.45) is 0 Å². The largest absolute Gasteiger partial charge is 0.381 e. The van der Waals surface area contributed by atoms with Crippen LogP contribution in [0.2, 0.25) is 0 Å². The maximum Gasteiger partial charge on any atom is 0.0949 e. The van der Waals surface area contributed by atoms with Gasteiger partial charge in [0, 0.05) is 43.5 Å². The van der Waals surface area contributed by atoms with Crippen molar-refractivity contribution in [2.75, 3.05) is 32.9 Å². The van der Waals surface area contributed by atoms with E-state index in [4.69, 9.17) is 9.47 Å². The molecule has 1 aromatic carbocycles. The fourth-order valence-electron chi connectivity index (χ4n) is 3.35. The lowest BCUT2D eigenvalue weighted by Gasteiger charge is -2.24. The van der Waals surface area contributed by atoms with Gasteiger partial charge in [0.15, 0.2) is 0 Å². The SMILES string of the molecule is Cl.c1cc([C@H]2CNCCO2)ccc1-c1cc(C2CCOCC2)[nH]n1. The third-order valence-corrected chi connectivity index (χ3v) is 4.76. The number of nitrogens with one attached hydrogen (secondary N) is 2. The van der Waals surface area contributed by atoms with Gasteiger partial charge < -0.3 is 14.8 Å². The van der Waals surface area contributed by atoms with E-state index < -0.39 is 0 Å². The molecule has 1 atom stereocenters. The van der Waals surface area contributed by atoms with Crippen LogP contribution in [0.5, 0.6) is 0 Å². The maximum atomic E-state index is 5.80. The molecule has 0 saturated carbocycles. The minimum absolute atomic E-state index is 0. The van der Waals surface area contributed by atoms with Crippen LogP contribution in [0.3, 0.4) is 0 Å². The molecule has 5 nitrogen and oxygen atoms in total. The normalized spacial score (nSPS) is 22.1. The Morgan fingerprint density at radius 3 is 2.54 bits per heavy atom. The lowest BCUT2D eigenvalue weighted by atomic mass is 9.96. The highest BCUT2D eigenvalue weighted by molar-refractivity contribution is 5.85. The molecule has 4 rings (SSSR count). The summed E-state index contributed by atoms with van der Waals surface area (Å²) in [6.07, 6.45) is 2.31. The molecule has 2 aliphatic rings. The van der Waals surface area contributed by atoms with E-state index in [1.165, 1.54) is 11.3 Å². The molecule has 0 bridgehead atoms. The van der Waals surface area contributed by atoms with E-state index in [1.807, 2.05) is 0 Å². The van der Waals surface area contributed by atoms with Crippen LogP contribution in [-0.2, 0) is 9.47 Å². The van der Waals surface area contributed by atoms with Crippen LogP contribution in [0.1, 0.15) is 36.1 Å². The minimum atomic E-state index is 0. The Morgan fingerprint density at radius 1 is 1.04 bits per heavy atom. The van der Waals surface area contributed by atoms with Crippen molar-refractivity contribution >= 4 is 12.4 Å². The Kier molecular flexibility index (Phi) is 5.89. The zero-order chi connectivity index (χ0) is 15.5. The van der Waals surface area contributed by atoms with Gasteiger partial charge in [-0.25, -0.2) is 0 Å². The molecule has 0 unspecified atom stereocenters. The van der Waals surface area contributed by atoms with Crippen LogP contribution < -0.4 is 5.32 Å². The van der Waals surface area contributed by atoms with E-state index >= 15 is 0 Å². The van der Waals surface area contributed by atoms with Gasteiger partial charge in [-0.1, -0.05) is 24.3 Å². The highest BCUT2D eigenvalue weighted by Crippen LogP contribution is 2.29. The molecule has 0 aliphatic carbocycles. The molecular formula is C18H24ClN3O2. The number of rotatable bonds is 3. The molecule has 0 amide bonds. The van der Waals surface area contributed by atoms with E-state index in [-0.39, 0.29) is 18.5 Å². The van der Waals surface area contributed by atoms with Gasteiger partial charge in [0.2, 0.25) is 0 Å². The summed E-state index contributed by atoms with van der Waals surface area (Å²) in [5.74, 6) is 0.547. The molecule has 6 heteroatoms. The number of benzene rings is 1. The van der Waals surface area contributed by atoms with Crippen molar-refractivity contribution in [3.05, 3.63) is 41.6 Å². The molecule has 2 fully saturated rings. The Morgan fingerprint density at radius 2 is 1.83 bits per heavy atom. The van der Waals surface area contributed by atoms with Crippen molar-refractivity contribution in [3.8, 4) is 11.3 Å². The molecule has 0 spiro atoms. The molecule has 3 heterocycles. The van der Waals surface area contributed by atoms with Gasteiger partial charge in [0.1, 0.15) is 0 Å². The summed E-state index contributed by atoms with van der Waals surface area (Å²) in [5, 5.41) is 11.1. The second-order valence-electron chi connectivity index (χ2n) is 6.28. The van der Waals surface area contributed by atoms with E-state index in [0.29, 0.717) is 5.92 Å². The van der Waals surface area contributed by atoms with Gasteiger partial charge in [-0.3, -0.25) is 5.10 Å². The lowest BCUT2D eigenvalue weighted by Crippen LogP contribution is -2.33. The summed E-state index contributed by atoms with van der Waals surface area (Å²) in [6, 6.07) is 10.8. The highest BCUT2D eigenvalue weighted by Gasteiger charge is 2.19. The quantitative estimate of drug-likeness (QED) is 0.894. The maximum absolute atomic E-state index is 5.80. The molecule has 2 aliphatic heterocycles. The topological polar surface area (TPSA) is 59.2 Å². The minimum Gasteiger partial charge on any atom is -0.381 e.